The van der Waals surface area contributed by atoms with Gasteiger partial charge in [0, 0.05) is 17.1 Å². The highest BCUT2D eigenvalue weighted by Gasteiger charge is 2.12. The summed E-state index contributed by atoms with van der Waals surface area (Å²) in [6.07, 6.45) is -0.979. The number of anilines is 3. The molecule has 144 valence electrons. The second-order valence-corrected chi connectivity index (χ2v) is 6.08. The number of rotatable bonds is 9. The molecule has 0 aromatic heterocycles. The van der Waals surface area contributed by atoms with Gasteiger partial charge in [-0.25, -0.2) is 0 Å². The third kappa shape index (κ3) is 9.05. The van der Waals surface area contributed by atoms with E-state index in [1.54, 1.807) is 0 Å². The van der Waals surface area contributed by atoms with Gasteiger partial charge in [-0.3, -0.25) is 28.8 Å². The van der Waals surface area contributed by atoms with Crippen molar-refractivity contribution in [1.82, 2.24) is 0 Å². The lowest BCUT2D eigenvalue weighted by Gasteiger charge is -2.12. The second kappa shape index (κ2) is 9.95. The lowest BCUT2D eigenvalue weighted by atomic mass is 10.2. The SMILES string of the molecule is CC(=O)CC(=O)Nc1cc(NC(=O)CC(C)=O)cc(NC(=O)CC(C)=O)c1. The molecule has 0 aliphatic heterocycles. The van der Waals surface area contributed by atoms with E-state index in [0.717, 1.165) is 0 Å². The zero-order chi connectivity index (χ0) is 20.6. The van der Waals surface area contributed by atoms with E-state index in [9.17, 15) is 28.8 Å². The summed E-state index contributed by atoms with van der Waals surface area (Å²) in [6, 6.07) is 4.24. The van der Waals surface area contributed by atoms with E-state index in [2.05, 4.69) is 16.0 Å². The molecular weight excluding hydrogens is 354 g/mol. The molecule has 9 heteroatoms. The number of amides is 3. The Morgan fingerprint density at radius 3 is 0.963 bits per heavy atom. The van der Waals surface area contributed by atoms with Crippen LogP contribution in [0.25, 0.3) is 0 Å². The predicted molar refractivity (Wildman–Crippen MR) is 98.2 cm³/mol. The van der Waals surface area contributed by atoms with E-state index in [4.69, 9.17) is 0 Å². The Labute approximate surface area is 155 Å². The van der Waals surface area contributed by atoms with Gasteiger partial charge in [-0.15, -0.1) is 0 Å². The number of ketones is 3. The van der Waals surface area contributed by atoms with Crippen LogP contribution in [0.3, 0.4) is 0 Å². The summed E-state index contributed by atoms with van der Waals surface area (Å²) in [4.78, 5) is 68.5. The number of carbonyl (C=O) groups is 6. The van der Waals surface area contributed by atoms with E-state index in [0.29, 0.717) is 0 Å². The summed E-state index contributed by atoms with van der Waals surface area (Å²) in [5.74, 6) is -2.66. The Kier molecular flexibility index (Phi) is 7.99. The normalized spacial score (nSPS) is 9.89. The molecule has 9 nitrogen and oxygen atoms in total. The molecule has 0 saturated carbocycles. The number of nitrogens with one attached hydrogen (secondary N) is 3. The summed E-state index contributed by atoms with van der Waals surface area (Å²) >= 11 is 0. The number of carbonyl (C=O) groups excluding carboxylic acids is 6. The summed E-state index contributed by atoms with van der Waals surface area (Å²) < 4.78 is 0. The van der Waals surface area contributed by atoms with Gasteiger partial charge in [-0.05, 0) is 39.0 Å². The van der Waals surface area contributed by atoms with Crippen LogP contribution in [0.15, 0.2) is 18.2 Å². The van der Waals surface area contributed by atoms with E-state index in [1.165, 1.54) is 39.0 Å². The average molecular weight is 375 g/mol. The molecule has 0 saturated heterocycles. The van der Waals surface area contributed by atoms with Crippen LogP contribution >= 0.6 is 0 Å². The minimum absolute atomic E-state index is 0.222. The maximum atomic E-state index is 11.8. The third-order valence-corrected chi connectivity index (χ3v) is 3.01. The topological polar surface area (TPSA) is 139 Å². The molecule has 0 atom stereocenters. The van der Waals surface area contributed by atoms with Gasteiger partial charge in [0.2, 0.25) is 17.7 Å². The van der Waals surface area contributed by atoms with Crippen LogP contribution in [-0.4, -0.2) is 35.1 Å². The summed E-state index contributed by atoms with van der Waals surface area (Å²) in [5.41, 5.74) is 0.667. The van der Waals surface area contributed by atoms with Crippen LogP contribution in [0.4, 0.5) is 17.1 Å². The second-order valence-electron chi connectivity index (χ2n) is 6.08. The molecule has 1 rings (SSSR count). The van der Waals surface area contributed by atoms with Crippen LogP contribution in [0.1, 0.15) is 40.0 Å². The lowest BCUT2D eigenvalue weighted by Crippen LogP contribution is -2.18. The van der Waals surface area contributed by atoms with Crippen molar-refractivity contribution in [1.29, 1.82) is 0 Å². The molecule has 0 radical (unpaired) electrons. The van der Waals surface area contributed by atoms with Gasteiger partial charge in [-0.2, -0.15) is 0 Å². The van der Waals surface area contributed by atoms with Crippen LogP contribution in [0.2, 0.25) is 0 Å². The van der Waals surface area contributed by atoms with E-state index < -0.39 is 17.7 Å². The molecule has 0 fully saturated rings. The molecule has 1 aromatic carbocycles. The Morgan fingerprint density at radius 2 is 0.778 bits per heavy atom. The molecule has 0 aliphatic carbocycles. The third-order valence-electron chi connectivity index (χ3n) is 3.01. The van der Waals surface area contributed by atoms with Crippen LogP contribution in [-0.2, 0) is 28.8 Å². The highest BCUT2D eigenvalue weighted by Crippen LogP contribution is 2.23. The van der Waals surface area contributed by atoms with E-state index in [-0.39, 0.29) is 53.7 Å². The van der Waals surface area contributed by atoms with Crippen molar-refractivity contribution in [2.75, 3.05) is 16.0 Å². The monoisotopic (exact) mass is 375 g/mol. The van der Waals surface area contributed by atoms with Crippen molar-refractivity contribution in [3.63, 3.8) is 0 Å². The molecule has 27 heavy (non-hydrogen) atoms. The van der Waals surface area contributed by atoms with Gasteiger partial charge >= 0.3 is 0 Å². The van der Waals surface area contributed by atoms with Gasteiger partial charge in [0.15, 0.2) is 0 Å². The fraction of sp³-hybridized carbons (Fsp3) is 0.333. The highest BCUT2D eigenvalue weighted by molar-refractivity contribution is 6.07. The largest absolute Gasteiger partial charge is 0.326 e. The first-order valence-electron chi connectivity index (χ1n) is 8.08. The van der Waals surface area contributed by atoms with Crippen molar-refractivity contribution in [2.24, 2.45) is 0 Å². The Hall–Kier alpha value is -3.36. The first kappa shape index (κ1) is 21.7. The molecule has 0 unspecified atom stereocenters. The van der Waals surface area contributed by atoms with Gasteiger partial charge in [-0.1, -0.05) is 0 Å². The van der Waals surface area contributed by atoms with Crippen LogP contribution in [0.5, 0.6) is 0 Å². The summed E-state index contributed by atoms with van der Waals surface area (Å²) in [7, 11) is 0. The van der Waals surface area contributed by atoms with Gasteiger partial charge in [0.05, 0.1) is 19.3 Å². The number of benzene rings is 1. The van der Waals surface area contributed by atoms with Gasteiger partial charge in [0.1, 0.15) is 17.3 Å². The molecule has 0 spiro atoms. The molecule has 3 N–H and O–H groups in total. The molecule has 3 amide bonds. The Balaban J connectivity index is 3.05. The highest BCUT2D eigenvalue weighted by atomic mass is 16.2. The predicted octanol–water partition coefficient (Wildman–Crippen LogP) is 1.44. The van der Waals surface area contributed by atoms with Crippen molar-refractivity contribution in [3.8, 4) is 0 Å². The standard InChI is InChI=1S/C18H21N3O6/c1-10(22)4-16(25)19-13-7-14(20-17(26)5-11(2)23)9-15(8-13)21-18(27)6-12(3)24/h7-9H,4-6H2,1-3H3,(H,19,25)(H,20,26)(H,21,27). The first-order valence-corrected chi connectivity index (χ1v) is 8.08. The number of hydrogen-bond donors (Lipinski definition) is 3. The first-order chi connectivity index (χ1) is 12.5. The maximum Gasteiger partial charge on any atom is 0.231 e. The van der Waals surface area contributed by atoms with Crippen LogP contribution < -0.4 is 16.0 Å². The Bertz CT molecular complexity index is 683. The zero-order valence-electron chi connectivity index (χ0n) is 15.3. The summed E-state index contributed by atoms with van der Waals surface area (Å²) in [6.45, 7) is 3.81. The smallest absolute Gasteiger partial charge is 0.231 e. The minimum Gasteiger partial charge on any atom is -0.326 e. The molecule has 0 bridgehead atoms. The quantitative estimate of drug-likeness (QED) is 0.558. The van der Waals surface area contributed by atoms with E-state index in [1.807, 2.05) is 0 Å². The van der Waals surface area contributed by atoms with Gasteiger partial charge in [0.25, 0.3) is 0 Å². The number of hydrogen-bond acceptors (Lipinski definition) is 6. The fourth-order valence-corrected chi connectivity index (χ4v) is 2.14. The molecule has 1 aromatic rings. The maximum absolute atomic E-state index is 11.8. The van der Waals surface area contributed by atoms with Crippen LogP contribution in [0, 0.1) is 0 Å². The molecule has 0 aliphatic rings. The fourth-order valence-electron chi connectivity index (χ4n) is 2.14. The summed E-state index contributed by atoms with van der Waals surface area (Å²) in [5, 5.41) is 7.46. The zero-order valence-corrected chi connectivity index (χ0v) is 15.3. The van der Waals surface area contributed by atoms with E-state index >= 15 is 0 Å². The Morgan fingerprint density at radius 1 is 0.556 bits per heavy atom. The van der Waals surface area contributed by atoms with Crippen molar-refractivity contribution >= 4 is 52.1 Å². The van der Waals surface area contributed by atoms with Crippen molar-refractivity contribution in [2.45, 2.75) is 40.0 Å². The minimum atomic E-state index is -0.560. The number of Topliss-reactive ketones (excluding diaryl/α,β-unsaturated/α-hetero) is 3. The molecular formula is C18H21N3O6. The van der Waals surface area contributed by atoms with Crippen molar-refractivity contribution < 1.29 is 28.8 Å². The average Bonchev–Trinajstić information content (AvgIpc) is 2.43. The lowest BCUT2D eigenvalue weighted by molar-refractivity contribution is -0.125. The van der Waals surface area contributed by atoms with Gasteiger partial charge < -0.3 is 16.0 Å². The molecule has 0 heterocycles. The van der Waals surface area contributed by atoms with Crippen molar-refractivity contribution in [3.05, 3.63) is 18.2 Å².